The van der Waals surface area contributed by atoms with Gasteiger partial charge in [0.2, 0.25) is 5.91 Å². The van der Waals surface area contributed by atoms with Gasteiger partial charge in [-0.05, 0) is 29.8 Å². The van der Waals surface area contributed by atoms with Crippen LogP contribution in [-0.2, 0) is 11.2 Å². The van der Waals surface area contributed by atoms with Crippen LogP contribution in [0.4, 0.5) is 0 Å². The third kappa shape index (κ3) is 3.83. The topological polar surface area (TPSA) is 93.3 Å². The average molecular weight is 288 g/mol. The molecule has 0 fully saturated rings. The Labute approximate surface area is 119 Å². The van der Waals surface area contributed by atoms with Crippen molar-refractivity contribution in [1.29, 1.82) is 0 Å². The molecule has 0 saturated carbocycles. The van der Waals surface area contributed by atoms with Crippen molar-refractivity contribution in [2.24, 2.45) is 5.73 Å². The number of nitrogens with two attached hydrogens (primary N) is 1. The molecule has 0 unspecified atom stereocenters. The minimum Gasteiger partial charge on any atom is -0.481 e. The SMILES string of the molecule is NC(=O)c1ccc(Sc2ccc(CC(=O)O)cc2)nc1. The molecule has 5 nitrogen and oxygen atoms in total. The Kier molecular flexibility index (Phi) is 4.37. The Morgan fingerprint density at radius 2 is 1.85 bits per heavy atom. The summed E-state index contributed by atoms with van der Waals surface area (Å²) in [5.41, 5.74) is 6.25. The number of nitrogens with zero attached hydrogens (tertiary/aromatic N) is 1. The Balaban J connectivity index is 2.06. The predicted octanol–water partition coefficient (Wildman–Crippen LogP) is 1.96. The fraction of sp³-hybridized carbons (Fsp3) is 0.0714. The number of aromatic nitrogens is 1. The zero-order valence-electron chi connectivity index (χ0n) is 10.4. The average Bonchev–Trinajstić information content (AvgIpc) is 2.41. The van der Waals surface area contributed by atoms with Crippen molar-refractivity contribution in [3.05, 3.63) is 53.7 Å². The van der Waals surface area contributed by atoms with Gasteiger partial charge in [-0.25, -0.2) is 4.98 Å². The summed E-state index contributed by atoms with van der Waals surface area (Å²) in [5.74, 6) is -1.36. The molecule has 0 aliphatic carbocycles. The van der Waals surface area contributed by atoms with Crippen LogP contribution in [0, 0.1) is 0 Å². The maximum Gasteiger partial charge on any atom is 0.307 e. The highest BCUT2D eigenvalue weighted by Gasteiger charge is 2.04. The van der Waals surface area contributed by atoms with Gasteiger partial charge in [-0.15, -0.1) is 0 Å². The summed E-state index contributed by atoms with van der Waals surface area (Å²) in [5, 5.41) is 9.43. The minimum absolute atomic E-state index is 0.0104. The van der Waals surface area contributed by atoms with Gasteiger partial charge in [-0.1, -0.05) is 23.9 Å². The van der Waals surface area contributed by atoms with Crippen LogP contribution in [0.1, 0.15) is 15.9 Å². The number of benzene rings is 1. The first-order valence-electron chi connectivity index (χ1n) is 5.79. The zero-order chi connectivity index (χ0) is 14.5. The van der Waals surface area contributed by atoms with E-state index >= 15 is 0 Å². The Morgan fingerprint density at radius 1 is 1.15 bits per heavy atom. The van der Waals surface area contributed by atoms with Gasteiger partial charge in [0.05, 0.1) is 12.0 Å². The molecule has 102 valence electrons. The number of carboxylic acid groups (broad SMARTS) is 1. The number of carbonyl (C=O) groups is 2. The van der Waals surface area contributed by atoms with E-state index in [4.69, 9.17) is 10.8 Å². The van der Waals surface area contributed by atoms with Gasteiger partial charge in [0.25, 0.3) is 0 Å². The Hall–Kier alpha value is -2.34. The van der Waals surface area contributed by atoms with E-state index in [-0.39, 0.29) is 6.42 Å². The van der Waals surface area contributed by atoms with Crippen LogP contribution < -0.4 is 5.73 Å². The third-order valence-corrected chi connectivity index (χ3v) is 3.48. The van der Waals surface area contributed by atoms with Crippen molar-refractivity contribution in [3.63, 3.8) is 0 Å². The quantitative estimate of drug-likeness (QED) is 0.877. The van der Waals surface area contributed by atoms with Crippen molar-refractivity contribution in [2.45, 2.75) is 16.3 Å². The number of amides is 1. The summed E-state index contributed by atoms with van der Waals surface area (Å²) < 4.78 is 0. The monoisotopic (exact) mass is 288 g/mol. The summed E-state index contributed by atoms with van der Waals surface area (Å²) in [6.45, 7) is 0. The fourth-order valence-corrected chi connectivity index (χ4v) is 2.31. The highest BCUT2D eigenvalue weighted by Crippen LogP contribution is 2.26. The highest BCUT2D eigenvalue weighted by atomic mass is 32.2. The Bertz CT molecular complexity index is 624. The van der Waals surface area contributed by atoms with E-state index < -0.39 is 11.9 Å². The second kappa shape index (κ2) is 6.21. The van der Waals surface area contributed by atoms with E-state index in [2.05, 4.69) is 4.98 Å². The number of aliphatic carboxylic acids is 1. The number of rotatable bonds is 5. The molecule has 1 aromatic heterocycles. The van der Waals surface area contributed by atoms with Crippen LogP contribution in [-0.4, -0.2) is 22.0 Å². The molecule has 0 aliphatic heterocycles. The molecule has 1 aromatic carbocycles. The lowest BCUT2D eigenvalue weighted by molar-refractivity contribution is -0.136. The van der Waals surface area contributed by atoms with Crippen molar-refractivity contribution in [3.8, 4) is 0 Å². The molecule has 6 heteroatoms. The van der Waals surface area contributed by atoms with E-state index in [0.717, 1.165) is 15.5 Å². The molecule has 1 heterocycles. The summed E-state index contributed by atoms with van der Waals surface area (Å²) >= 11 is 1.42. The first kappa shape index (κ1) is 14.1. The van der Waals surface area contributed by atoms with Gasteiger partial charge in [0, 0.05) is 11.1 Å². The summed E-state index contributed by atoms with van der Waals surface area (Å²) in [6.07, 6.45) is 1.44. The van der Waals surface area contributed by atoms with Crippen LogP contribution in [0.25, 0.3) is 0 Å². The van der Waals surface area contributed by atoms with Gasteiger partial charge in [-0.2, -0.15) is 0 Å². The van der Waals surface area contributed by atoms with Crippen molar-refractivity contribution < 1.29 is 14.7 Å². The molecule has 20 heavy (non-hydrogen) atoms. The minimum atomic E-state index is -0.853. The zero-order valence-corrected chi connectivity index (χ0v) is 11.3. The molecular weight excluding hydrogens is 276 g/mol. The van der Waals surface area contributed by atoms with E-state index in [1.807, 2.05) is 12.1 Å². The fourth-order valence-electron chi connectivity index (χ4n) is 1.56. The molecule has 0 spiro atoms. The summed E-state index contributed by atoms with van der Waals surface area (Å²) in [6, 6.07) is 10.6. The number of hydrogen-bond donors (Lipinski definition) is 2. The molecule has 2 rings (SSSR count). The van der Waals surface area contributed by atoms with Gasteiger partial charge in [-0.3, -0.25) is 9.59 Å². The molecule has 1 amide bonds. The molecule has 0 aliphatic rings. The van der Waals surface area contributed by atoms with E-state index in [1.54, 1.807) is 24.3 Å². The van der Waals surface area contributed by atoms with E-state index in [1.165, 1.54) is 18.0 Å². The van der Waals surface area contributed by atoms with Crippen molar-refractivity contribution >= 4 is 23.6 Å². The number of carbonyl (C=O) groups excluding carboxylic acids is 1. The lowest BCUT2D eigenvalue weighted by Gasteiger charge is -2.03. The van der Waals surface area contributed by atoms with Crippen LogP contribution in [0.2, 0.25) is 0 Å². The third-order valence-electron chi connectivity index (χ3n) is 2.52. The first-order chi connectivity index (χ1) is 9.54. The predicted molar refractivity (Wildman–Crippen MR) is 74.7 cm³/mol. The van der Waals surface area contributed by atoms with Crippen LogP contribution in [0.15, 0.2) is 52.5 Å². The van der Waals surface area contributed by atoms with Gasteiger partial charge < -0.3 is 10.8 Å². The van der Waals surface area contributed by atoms with Gasteiger partial charge in [0.15, 0.2) is 0 Å². The largest absolute Gasteiger partial charge is 0.481 e. The number of hydrogen-bond acceptors (Lipinski definition) is 4. The lowest BCUT2D eigenvalue weighted by atomic mass is 10.2. The summed E-state index contributed by atoms with van der Waals surface area (Å²) in [4.78, 5) is 26.6. The molecule has 2 aromatic rings. The van der Waals surface area contributed by atoms with E-state index in [0.29, 0.717) is 5.56 Å². The number of pyridine rings is 1. The van der Waals surface area contributed by atoms with Crippen molar-refractivity contribution in [2.75, 3.05) is 0 Å². The molecule has 3 N–H and O–H groups in total. The number of carboxylic acids is 1. The smallest absolute Gasteiger partial charge is 0.307 e. The summed E-state index contributed by atoms with van der Waals surface area (Å²) in [7, 11) is 0. The maximum absolute atomic E-state index is 10.9. The molecule has 0 radical (unpaired) electrons. The standard InChI is InChI=1S/C14H12N2O3S/c15-14(19)10-3-6-12(16-8-10)20-11-4-1-9(2-5-11)7-13(17)18/h1-6,8H,7H2,(H2,15,19)(H,17,18). The first-order valence-corrected chi connectivity index (χ1v) is 6.60. The molecule has 0 bridgehead atoms. The van der Waals surface area contributed by atoms with Gasteiger partial charge in [0.1, 0.15) is 5.03 Å². The maximum atomic E-state index is 10.9. The van der Waals surface area contributed by atoms with Crippen LogP contribution in [0.5, 0.6) is 0 Å². The van der Waals surface area contributed by atoms with E-state index in [9.17, 15) is 9.59 Å². The highest BCUT2D eigenvalue weighted by molar-refractivity contribution is 7.99. The number of primary amides is 1. The molecule has 0 atom stereocenters. The van der Waals surface area contributed by atoms with Gasteiger partial charge >= 0.3 is 5.97 Å². The lowest BCUT2D eigenvalue weighted by Crippen LogP contribution is -2.10. The normalized spacial score (nSPS) is 10.2. The van der Waals surface area contributed by atoms with Crippen molar-refractivity contribution in [1.82, 2.24) is 4.98 Å². The Morgan fingerprint density at radius 3 is 2.35 bits per heavy atom. The molecule has 0 saturated heterocycles. The second-order valence-corrected chi connectivity index (χ2v) is 5.16. The molecular formula is C14H12N2O3S. The van der Waals surface area contributed by atoms with Crippen LogP contribution in [0.3, 0.4) is 0 Å². The second-order valence-electron chi connectivity index (χ2n) is 4.07. The van der Waals surface area contributed by atoms with Crippen LogP contribution >= 0.6 is 11.8 Å².